The van der Waals surface area contributed by atoms with Gasteiger partial charge in [-0.05, 0) is 52.9 Å². The van der Waals surface area contributed by atoms with Crippen molar-refractivity contribution in [1.29, 1.82) is 0 Å². The van der Waals surface area contributed by atoms with Crippen molar-refractivity contribution in [2.75, 3.05) is 18.0 Å². The molecule has 0 unspecified atom stereocenters. The van der Waals surface area contributed by atoms with E-state index in [1.165, 1.54) is 18.2 Å². The number of anilines is 1. The average Bonchev–Trinajstić information content (AvgIpc) is 3.08. The number of amides is 1. The Morgan fingerprint density at radius 1 is 1.42 bits per heavy atom. The molecule has 2 rings (SSSR count). The minimum atomic E-state index is -3.65. The van der Waals surface area contributed by atoms with Crippen molar-refractivity contribution in [3.8, 4) is 0 Å². The van der Waals surface area contributed by atoms with Gasteiger partial charge in [-0.15, -0.1) is 0 Å². The second kappa shape index (κ2) is 5.50. The first-order valence-corrected chi connectivity index (χ1v) is 8.37. The largest absolute Gasteiger partial charge is 0.399 e. The van der Waals surface area contributed by atoms with Gasteiger partial charge in [0.2, 0.25) is 5.91 Å². The molecular weight excluding hydrogens is 332 g/mol. The van der Waals surface area contributed by atoms with Gasteiger partial charge in [-0.1, -0.05) is 0 Å². The predicted octanol–water partition coefficient (Wildman–Crippen LogP) is 1.33. The third kappa shape index (κ3) is 3.94. The Balaban J connectivity index is 2.05. The van der Waals surface area contributed by atoms with Gasteiger partial charge >= 0.3 is 0 Å². The highest BCUT2D eigenvalue weighted by molar-refractivity contribution is 9.10. The summed E-state index contributed by atoms with van der Waals surface area (Å²) in [6, 6.07) is 4.41. The molecule has 7 heteroatoms. The van der Waals surface area contributed by atoms with Crippen LogP contribution in [0.15, 0.2) is 27.6 Å². The molecule has 1 aliphatic carbocycles. The van der Waals surface area contributed by atoms with Crippen LogP contribution in [0.1, 0.15) is 12.8 Å². The summed E-state index contributed by atoms with van der Waals surface area (Å²) >= 11 is 3.15. The van der Waals surface area contributed by atoms with Crippen molar-refractivity contribution in [3.05, 3.63) is 22.7 Å². The fourth-order valence-corrected chi connectivity index (χ4v) is 4.02. The minimum Gasteiger partial charge on any atom is -0.399 e. The molecule has 1 aromatic rings. The third-order valence-electron chi connectivity index (χ3n) is 2.90. The lowest BCUT2D eigenvalue weighted by molar-refractivity contribution is -0.118. The SMILES string of the molecule is Nc1ccc(S(=O)(=O)CC(=O)NCC2CC2)c(Br)c1. The van der Waals surface area contributed by atoms with Crippen LogP contribution in [-0.4, -0.2) is 26.6 Å². The lowest BCUT2D eigenvalue weighted by Gasteiger charge is -2.08. The molecule has 1 fully saturated rings. The van der Waals surface area contributed by atoms with Gasteiger partial charge in [-0.25, -0.2) is 8.42 Å². The number of nitrogens with one attached hydrogen (secondary N) is 1. The first kappa shape index (κ1) is 14.3. The van der Waals surface area contributed by atoms with Crippen LogP contribution in [0.5, 0.6) is 0 Å². The lowest BCUT2D eigenvalue weighted by atomic mass is 10.3. The zero-order valence-corrected chi connectivity index (χ0v) is 12.6. The zero-order chi connectivity index (χ0) is 14.0. The highest BCUT2D eigenvalue weighted by Gasteiger charge is 2.25. The van der Waals surface area contributed by atoms with Gasteiger partial charge < -0.3 is 11.1 Å². The second-order valence-corrected chi connectivity index (χ2v) is 7.51. The smallest absolute Gasteiger partial charge is 0.235 e. The number of sulfone groups is 1. The molecule has 0 bridgehead atoms. The fraction of sp³-hybridized carbons (Fsp3) is 0.417. The topological polar surface area (TPSA) is 89.3 Å². The van der Waals surface area contributed by atoms with Crippen molar-refractivity contribution in [1.82, 2.24) is 5.32 Å². The van der Waals surface area contributed by atoms with E-state index in [4.69, 9.17) is 5.73 Å². The molecule has 0 saturated heterocycles. The van der Waals surface area contributed by atoms with Crippen LogP contribution in [0.25, 0.3) is 0 Å². The molecule has 5 nitrogen and oxygen atoms in total. The monoisotopic (exact) mass is 346 g/mol. The van der Waals surface area contributed by atoms with Crippen LogP contribution in [0, 0.1) is 5.92 Å². The van der Waals surface area contributed by atoms with Gasteiger partial charge in [-0.3, -0.25) is 4.79 Å². The van der Waals surface area contributed by atoms with Crippen molar-refractivity contribution >= 4 is 37.4 Å². The molecule has 0 aliphatic heterocycles. The molecule has 3 N–H and O–H groups in total. The summed E-state index contributed by atoms with van der Waals surface area (Å²) in [5.41, 5.74) is 6.02. The van der Waals surface area contributed by atoms with E-state index in [0.29, 0.717) is 22.6 Å². The van der Waals surface area contributed by atoms with Crippen LogP contribution < -0.4 is 11.1 Å². The number of halogens is 1. The Labute approximate surface area is 120 Å². The maximum atomic E-state index is 12.1. The third-order valence-corrected chi connectivity index (χ3v) is 5.48. The molecule has 1 amide bonds. The second-order valence-electron chi connectivity index (χ2n) is 4.70. The van der Waals surface area contributed by atoms with Crippen LogP contribution in [0.3, 0.4) is 0 Å². The number of nitrogen functional groups attached to an aromatic ring is 1. The molecule has 1 aliphatic rings. The molecule has 0 radical (unpaired) electrons. The number of hydrogen-bond donors (Lipinski definition) is 2. The Morgan fingerprint density at radius 3 is 2.68 bits per heavy atom. The number of benzene rings is 1. The van der Waals surface area contributed by atoms with E-state index < -0.39 is 21.5 Å². The molecule has 0 atom stereocenters. The van der Waals surface area contributed by atoms with Gasteiger partial charge in [0, 0.05) is 16.7 Å². The Hall–Kier alpha value is -1.08. The molecule has 19 heavy (non-hydrogen) atoms. The summed E-state index contributed by atoms with van der Waals surface area (Å²) in [6.07, 6.45) is 2.22. The summed E-state index contributed by atoms with van der Waals surface area (Å²) in [5.74, 6) is -0.479. The van der Waals surface area contributed by atoms with Crippen LogP contribution >= 0.6 is 15.9 Å². The molecular formula is C12H15BrN2O3S. The van der Waals surface area contributed by atoms with Gasteiger partial charge in [0.25, 0.3) is 0 Å². The van der Waals surface area contributed by atoms with Crippen molar-refractivity contribution in [2.45, 2.75) is 17.7 Å². The van der Waals surface area contributed by atoms with E-state index in [1.807, 2.05) is 0 Å². The zero-order valence-electron chi connectivity index (χ0n) is 10.2. The van der Waals surface area contributed by atoms with Crippen molar-refractivity contribution in [3.63, 3.8) is 0 Å². The van der Waals surface area contributed by atoms with E-state index in [0.717, 1.165) is 12.8 Å². The lowest BCUT2D eigenvalue weighted by Crippen LogP contribution is -2.31. The van der Waals surface area contributed by atoms with Crippen molar-refractivity contribution in [2.24, 2.45) is 5.92 Å². The molecule has 0 spiro atoms. The minimum absolute atomic E-state index is 0.0864. The van der Waals surface area contributed by atoms with E-state index in [9.17, 15) is 13.2 Å². The summed E-state index contributed by atoms with van der Waals surface area (Å²) in [6.45, 7) is 0.567. The number of rotatable bonds is 5. The van der Waals surface area contributed by atoms with Crippen molar-refractivity contribution < 1.29 is 13.2 Å². The predicted molar refractivity (Wildman–Crippen MR) is 76.3 cm³/mol. The highest BCUT2D eigenvalue weighted by Crippen LogP contribution is 2.28. The number of carbonyl (C=O) groups is 1. The summed E-state index contributed by atoms with van der Waals surface area (Å²) in [4.78, 5) is 11.7. The fourth-order valence-electron chi connectivity index (χ4n) is 1.65. The Kier molecular flexibility index (Phi) is 4.15. The molecule has 104 valence electrons. The van der Waals surface area contributed by atoms with E-state index in [2.05, 4.69) is 21.2 Å². The molecule has 0 heterocycles. The normalized spacial score (nSPS) is 15.2. The quantitative estimate of drug-likeness (QED) is 0.787. The first-order chi connectivity index (χ1) is 8.88. The van der Waals surface area contributed by atoms with E-state index in [1.54, 1.807) is 0 Å². The van der Waals surface area contributed by atoms with E-state index in [-0.39, 0.29) is 4.90 Å². The van der Waals surface area contributed by atoms with Gasteiger partial charge in [-0.2, -0.15) is 0 Å². The molecule has 1 saturated carbocycles. The summed E-state index contributed by atoms with van der Waals surface area (Å²) in [7, 11) is -3.65. The van der Waals surface area contributed by atoms with Gasteiger partial charge in [0.15, 0.2) is 9.84 Å². The Morgan fingerprint density at radius 2 is 2.11 bits per heavy atom. The van der Waals surface area contributed by atoms with Gasteiger partial charge in [0.05, 0.1) is 4.90 Å². The highest BCUT2D eigenvalue weighted by atomic mass is 79.9. The Bertz CT molecular complexity index is 597. The standard InChI is InChI=1S/C12H15BrN2O3S/c13-10-5-9(14)3-4-11(10)19(17,18)7-12(16)15-6-8-1-2-8/h3-5,8H,1-2,6-7,14H2,(H,15,16). The van der Waals surface area contributed by atoms with Crippen LogP contribution in [0.4, 0.5) is 5.69 Å². The average molecular weight is 347 g/mol. The van der Waals surface area contributed by atoms with Crippen LogP contribution in [-0.2, 0) is 14.6 Å². The first-order valence-electron chi connectivity index (χ1n) is 5.93. The maximum absolute atomic E-state index is 12.1. The van der Waals surface area contributed by atoms with Crippen LogP contribution in [0.2, 0.25) is 0 Å². The number of carbonyl (C=O) groups excluding carboxylic acids is 1. The number of hydrogen-bond acceptors (Lipinski definition) is 4. The molecule has 1 aromatic carbocycles. The van der Waals surface area contributed by atoms with E-state index >= 15 is 0 Å². The number of nitrogens with two attached hydrogens (primary N) is 1. The summed E-state index contributed by atoms with van der Waals surface area (Å²) < 4.78 is 24.6. The van der Waals surface area contributed by atoms with Gasteiger partial charge in [0.1, 0.15) is 5.75 Å². The summed E-state index contributed by atoms with van der Waals surface area (Å²) in [5, 5.41) is 2.64. The molecule has 0 aromatic heterocycles. The maximum Gasteiger partial charge on any atom is 0.235 e.